The molecule has 2 aromatic heterocycles. The highest BCUT2D eigenvalue weighted by Gasteiger charge is 2.17. The van der Waals surface area contributed by atoms with Crippen molar-refractivity contribution in [1.29, 1.82) is 0 Å². The number of aryl methyl sites for hydroxylation is 2. The van der Waals surface area contributed by atoms with Crippen molar-refractivity contribution in [2.45, 2.75) is 32.9 Å². The number of aliphatic hydroxyl groups is 1. The summed E-state index contributed by atoms with van der Waals surface area (Å²) in [6.45, 7) is 5.66. The minimum absolute atomic E-state index is 0.193. The summed E-state index contributed by atoms with van der Waals surface area (Å²) in [5, 5.41) is 15.4. The van der Waals surface area contributed by atoms with E-state index in [-0.39, 0.29) is 6.61 Å². The summed E-state index contributed by atoms with van der Waals surface area (Å²) in [5.41, 5.74) is 2.83. The minimum Gasteiger partial charge on any atom is -0.491 e. The molecule has 178 valence electrons. The van der Waals surface area contributed by atoms with E-state index < -0.39 is 6.10 Å². The van der Waals surface area contributed by atoms with Gasteiger partial charge in [-0.1, -0.05) is 47.1 Å². The van der Waals surface area contributed by atoms with Crippen LogP contribution in [0.1, 0.15) is 22.8 Å². The van der Waals surface area contributed by atoms with Crippen molar-refractivity contribution >= 4 is 11.6 Å². The fourth-order valence-corrected chi connectivity index (χ4v) is 3.75. The molecule has 0 aliphatic carbocycles. The van der Waals surface area contributed by atoms with E-state index in [0.29, 0.717) is 42.8 Å². The smallest absolute Gasteiger partial charge is 0.228 e. The molecule has 0 aliphatic rings. The quantitative estimate of drug-likeness (QED) is 0.319. The summed E-state index contributed by atoms with van der Waals surface area (Å²) in [4.78, 5) is 6.59. The van der Waals surface area contributed by atoms with Gasteiger partial charge < -0.3 is 18.8 Å². The number of hydrogen-bond donors (Lipinski definition) is 1. The summed E-state index contributed by atoms with van der Waals surface area (Å²) < 4.78 is 16.8. The molecule has 0 saturated heterocycles. The number of furan rings is 1. The normalized spacial score (nSPS) is 12.3. The van der Waals surface area contributed by atoms with Crippen LogP contribution in [0.5, 0.6) is 5.75 Å². The molecule has 2 aromatic carbocycles. The van der Waals surface area contributed by atoms with Gasteiger partial charge in [-0.25, -0.2) is 0 Å². The molecule has 34 heavy (non-hydrogen) atoms. The van der Waals surface area contributed by atoms with Crippen molar-refractivity contribution in [3.05, 3.63) is 88.7 Å². The van der Waals surface area contributed by atoms with Crippen molar-refractivity contribution in [2.75, 3.05) is 19.7 Å². The van der Waals surface area contributed by atoms with Crippen LogP contribution in [0.4, 0.5) is 0 Å². The molecule has 0 saturated carbocycles. The van der Waals surface area contributed by atoms with E-state index in [1.54, 1.807) is 6.26 Å². The molecular formula is C26H28ClN3O4. The van der Waals surface area contributed by atoms with E-state index in [0.717, 1.165) is 28.2 Å². The van der Waals surface area contributed by atoms with Gasteiger partial charge in [-0.3, -0.25) is 4.90 Å². The first-order valence-corrected chi connectivity index (χ1v) is 11.6. The first-order chi connectivity index (χ1) is 16.5. The van der Waals surface area contributed by atoms with Gasteiger partial charge in [0.15, 0.2) is 0 Å². The molecular weight excluding hydrogens is 454 g/mol. The third-order valence-corrected chi connectivity index (χ3v) is 5.90. The molecule has 0 amide bonds. The summed E-state index contributed by atoms with van der Waals surface area (Å²) in [5.74, 6) is 2.60. The highest BCUT2D eigenvalue weighted by Crippen LogP contribution is 2.23. The SMILES string of the molecule is Cc1ccc(-c2noc(CCN(Cc3ccco3)C[C@H](O)COc3ccccc3C)n2)cc1Cl. The van der Waals surface area contributed by atoms with Crippen LogP contribution in [0, 0.1) is 13.8 Å². The summed E-state index contributed by atoms with van der Waals surface area (Å²) >= 11 is 6.23. The van der Waals surface area contributed by atoms with Gasteiger partial charge in [-0.05, 0) is 49.2 Å². The molecule has 4 aromatic rings. The van der Waals surface area contributed by atoms with Crippen molar-refractivity contribution in [2.24, 2.45) is 0 Å². The number of hydrogen-bond acceptors (Lipinski definition) is 7. The van der Waals surface area contributed by atoms with Gasteiger partial charge in [0.05, 0.1) is 12.8 Å². The van der Waals surface area contributed by atoms with Gasteiger partial charge in [0.25, 0.3) is 0 Å². The lowest BCUT2D eigenvalue weighted by molar-refractivity contribution is 0.0627. The Balaban J connectivity index is 1.37. The lowest BCUT2D eigenvalue weighted by Gasteiger charge is -2.24. The average Bonchev–Trinajstić information content (AvgIpc) is 3.51. The second-order valence-corrected chi connectivity index (χ2v) is 8.68. The molecule has 0 radical (unpaired) electrons. The van der Waals surface area contributed by atoms with Crippen LogP contribution in [0.15, 0.2) is 69.8 Å². The summed E-state index contributed by atoms with van der Waals surface area (Å²) in [6, 6.07) is 17.2. The van der Waals surface area contributed by atoms with Crippen LogP contribution in [-0.4, -0.2) is 45.9 Å². The van der Waals surface area contributed by atoms with Gasteiger partial charge in [-0.15, -0.1) is 0 Å². The maximum Gasteiger partial charge on any atom is 0.228 e. The van der Waals surface area contributed by atoms with Crippen molar-refractivity contribution < 1.29 is 18.8 Å². The van der Waals surface area contributed by atoms with Crippen LogP contribution < -0.4 is 4.74 Å². The van der Waals surface area contributed by atoms with Crippen LogP contribution >= 0.6 is 11.6 Å². The molecule has 1 atom stereocenters. The summed E-state index contributed by atoms with van der Waals surface area (Å²) in [7, 11) is 0. The number of rotatable bonds is 11. The zero-order valence-electron chi connectivity index (χ0n) is 19.3. The Bertz CT molecular complexity index is 1190. The van der Waals surface area contributed by atoms with E-state index in [4.69, 9.17) is 25.3 Å². The highest BCUT2D eigenvalue weighted by molar-refractivity contribution is 6.31. The number of halogens is 1. The second-order valence-electron chi connectivity index (χ2n) is 8.27. The van der Waals surface area contributed by atoms with Crippen molar-refractivity contribution in [1.82, 2.24) is 15.0 Å². The van der Waals surface area contributed by atoms with Crippen LogP contribution in [0.25, 0.3) is 11.4 Å². The van der Waals surface area contributed by atoms with Gasteiger partial charge >= 0.3 is 0 Å². The fourth-order valence-electron chi connectivity index (χ4n) is 3.57. The largest absolute Gasteiger partial charge is 0.491 e. The number of para-hydroxylation sites is 1. The van der Waals surface area contributed by atoms with Crippen molar-refractivity contribution in [3.63, 3.8) is 0 Å². The van der Waals surface area contributed by atoms with E-state index in [9.17, 15) is 5.11 Å². The monoisotopic (exact) mass is 481 g/mol. The zero-order chi connectivity index (χ0) is 23.9. The van der Waals surface area contributed by atoms with Gasteiger partial charge in [-0.2, -0.15) is 4.98 Å². The minimum atomic E-state index is -0.678. The lowest BCUT2D eigenvalue weighted by Crippen LogP contribution is -2.36. The Kier molecular flexibility index (Phi) is 8.00. The predicted octanol–water partition coefficient (Wildman–Crippen LogP) is 5.08. The molecule has 8 heteroatoms. The summed E-state index contributed by atoms with van der Waals surface area (Å²) in [6.07, 6.45) is 1.49. The molecule has 0 aliphatic heterocycles. The second kappa shape index (κ2) is 11.3. The fraction of sp³-hybridized carbons (Fsp3) is 0.308. The molecule has 0 spiro atoms. The predicted molar refractivity (Wildman–Crippen MR) is 130 cm³/mol. The Labute approximate surface area is 203 Å². The van der Waals surface area contributed by atoms with Crippen LogP contribution in [-0.2, 0) is 13.0 Å². The molecule has 0 fully saturated rings. The number of benzene rings is 2. The van der Waals surface area contributed by atoms with Gasteiger partial charge in [0.1, 0.15) is 24.2 Å². The molecule has 2 heterocycles. The number of ether oxygens (including phenoxy) is 1. The van der Waals surface area contributed by atoms with E-state index >= 15 is 0 Å². The number of aliphatic hydroxyl groups excluding tert-OH is 1. The Morgan fingerprint density at radius 1 is 1.09 bits per heavy atom. The molecule has 1 N–H and O–H groups in total. The highest BCUT2D eigenvalue weighted by atomic mass is 35.5. The topological polar surface area (TPSA) is 84.8 Å². The standard InChI is InChI=1S/C26H28ClN3O4/c1-18-9-10-20(14-23(18)27)26-28-25(34-29-26)11-12-30(16-22-7-5-13-32-22)15-21(31)17-33-24-8-4-3-6-19(24)2/h3-10,13-14,21,31H,11-12,15-17H2,1-2H3/t21-/m0/s1. The third kappa shape index (κ3) is 6.47. The molecule has 0 bridgehead atoms. The Morgan fingerprint density at radius 2 is 1.94 bits per heavy atom. The number of nitrogens with zero attached hydrogens (tertiary/aromatic N) is 3. The first-order valence-electron chi connectivity index (χ1n) is 11.2. The molecule has 4 rings (SSSR count). The van der Waals surface area contributed by atoms with E-state index in [1.807, 2.05) is 68.4 Å². The average molecular weight is 482 g/mol. The maximum atomic E-state index is 10.6. The first kappa shape index (κ1) is 24.0. The third-order valence-electron chi connectivity index (χ3n) is 5.49. The van der Waals surface area contributed by atoms with E-state index in [2.05, 4.69) is 15.0 Å². The van der Waals surface area contributed by atoms with Gasteiger partial charge in [0.2, 0.25) is 11.7 Å². The Hall–Kier alpha value is -3.13. The van der Waals surface area contributed by atoms with Crippen LogP contribution in [0.3, 0.4) is 0 Å². The molecule has 7 nitrogen and oxygen atoms in total. The van der Waals surface area contributed by atoms with Crippen molar-refractivity contribution in [3.8, 4) is 17.1 Å². The number of aromatic nitrogens is 2. The van der Waals surface area contributed by atoms with E-state index in [1.165, 1.54) is 0 Å². The van der Waals surface area contributed by atoms with Crippen LogP contribution in [0.2, 0.25) is 5.02 Å². The Morgan fingerprint density at radius 3 is 2.71 bits per heavy atom. The lowest BCUT2D eigenvalue weighted by atomic mass is 10.1. The maximum absolute atomic E-state index is 10.6. The zero-order valence-corrected chi connectivity index (χ0v) is 20.0. The molecule has 0 unspecified atom stereocenters. The van der Waals surface area contributed by atoms with Gasteiger partial charge in [0, 0.05) is 30.1 Å².